The zero-order chi connectivity index (χ0) is 25.3. The Balaban J connectivity index is 1.48. The molecule has 1 aliphatic rings. The normalized spacial score (nSPS) is 16.1. The van der Waals surface area contributed by atoms with Crippen LogP contribution in [0.25, 0.3) is 11.1 Å². The minimum atomic E-state index is -0.938. The fourth-order valence-corrected chi connectivity index (χ4v) is 4.54. The molecule has 11 heteroatoms. The number of pyridine rings is 1. The van der Waals surface area contributed by atoms with Crippen molar-refractivity contribution in [3.05, 3.63) is 58.2 Å². The number of β-amino-alcohol motifs (C(OH)–C–C–N with tert-alkyl or cyclic N) is 1. The van der Waals surface area contributed by atoms with Crippen LogP contribution in [0.5, 0.6) is 5.75 Å². The number of aromatic nitrogens is 3. The largest absolute Gasteiger partial charge is 0.489 e. The number of carbonyl (C=O) groups is 1. The predicted octanol–water partition coefficient (Wildman–Crippen LogP) is 3.92. The van der Waals surface area contributed by atoms with Crippen LogP contribution in [0.3, 0.4) is 0 Å². The van der Waals surface area contributed by atoms with Gasteiger partial charge < -0.3 is 20.5 Å². The number of amides is 1. The van der Waals surface area contributed by atoms with E-state index in [1.807, 2.05) is 0 Å². The molecule has 35 heavy (non-hydrogen) atoms. The van der Waals surface area contributed by atoms with Crippen LogP contribution in [0.4, 0.5) is 10.2 Å². The molecule has 0 bridgehead atoms. The first-order chi connectivity index (χ1) is 16.6. The van der Waals surface area contributed by atoms with Crippen molar-refractivity contribution in [2.24, 2.45) is 0 Å². The molecule has 1 amide bonds. The van der Waals surface area contributed by atoms with Gasteiger partial charge in [-0.05, 0) is 44.0 Å². The van der Waals surface area contributed by atoms with Gasteiger partial charge in [0.15, 0.2) is 11.6 Å². The van der Waals surface area contributed by atoms with Gasteiger partial charge >= 0.3 is 0 Å². The number of halogens is 3. The third-order valence-electron chi connectivity index (χ3n) is 6.09. The summed E-state index contributed by atoms with van der Waals surface area (Å²) >= 11 is 12.2. The molecule has 3 N–H and O–H groups in total. The van der Waals surface area contributed by atoms with Crippen LogP contribution in [-0.4, -0.2) is 56.5 Å². The zero-order valence-electron chi connectivity index (χ0n) is 19.3. The van der Waals surface area contributed by atoms with Crippen LogP contribution in [0.2, 0.25) is 10.0 Å². The Kier molecular flexibility index (Phi) is 7.21. The summed E-state index contributed by atoms with van der Waals surface area (Å²) in [4.78, 5) is 18.9. The van der Waals surface area contributed by atoms with Crippen LogP contribution in [0.1, 0.15) is 25.8 Å². The number of carbonyl (C=O) groups excluding carboxylic acids is 1. The van der Waals surface area contributed by atoms with Gasteiger partial charge in [-0.2, -0.15) is 5.10 Å². The average Bonchev–Trinajstić information content (AvgIpc) is 3.49. The van der Waals surface area contributed by atoms with E-state index in [1.165, 1.54) is 12.1 Å². The minimum absolute atomic E-state index is 0.0334. The molecule has 2 aromatic heterocycles. The summed E-state index contributed by atoms with van der Waals surface area (Å²) in [5.74, 6) is -0.118. The number of anilines is 1. The van der Waals surface area contributed by atoms with Crippen molar-refractivity contribution in [2.75, 3.05) is 25.4 Å². The van der Waals surface area contributed by atoms with E-state index in [4.69, 9.17) is 33.7 Å². The molecule has 186 valence electrons. The van der Waals surface area contributed by atoms with E-state index in [-0.39, 0.29) is 29.8 Å². The molecule has 1 atom stereocenters. The molecule has 1 fully saturated rings. The zero-order valence-corrected chi connectivity index (χ0v) is 20.9. The Labute approximate surface area is 212 Å². The maximum atomic E-state index is 13.8. The van der Waals surface area contributed by atoms with E-state index in [0.717, 1.165) is 5.56 Å². The van der Waals surface area contributed by atoms with Gasteiger partial charge in [0.25, 0.3) is 0 Å². The number of nitrogen functional groups attached to an aromatic ring is 1. The second-order valence-electron chi connectivity index (χ2n) is 8.95. The lowest BCUT2D eigenvalue weighted by Gasteiger charge is -2.29. The van der Waals surface area contributed by atoms with E-state index in [1.54, 1.807) is 48.1 Å². The van der Waals surface area contributed by atoms with Crippen molar-refractivity contribution >= 4 is 34.9 Å². The first-order valence-corrected chi connectivity index (χ1v) is 11.9. The summed E-state index contributed by atoms with van der Waals surface area (Å²) in [6.45, 7) is 4.57. The van der Waals surface area contributed by atoms with E-state index < -0.39 is 17.5 Å². The fraction of sp³-hybridized carbons (Fsp3) is 0.375. The molecule has 0 saturated carbocycles. The smallest absolute Gasteiger partial charge is 0.250 e. The molecular weight excluding hydrogens is 496 g/mol. The highest BCUT2D eigenvalue weighted by molar-refractivity contribution is 6.36. The molecule has 1 aliphatic heterocycles. The number of nitrogens with zero attached hydrogens (tertiary/aromatic N) is 4. The predicted molar refractivity (Wildman–Crippen MR) is 132 cm³/mol. The lowest BCUT2D eigenvalue weighted by Crippen LogP contribution is -2.46. The lowest BCUT2D eigenvalue weighted by atomic mass is 10.0. The number of aliphatic hydroxyl groups excluding tert-OH is 1. The van der Waals surface area contributed by atoms with E-state index in [9.17, 15) is 14.3 Å². The SMILES string of the molecule is CC(C)(C(=O)N1CCC(O)C1)n1cc(-c2cnc(N)c(OCCc3c(Cl)ccc(F)c3Cl)c2)cn1. The first-order valence-electron chi connectivity index (χ1n) is 11.1. The highest BCUT2D eigenvalue weighted by Gasteiger charge is 2.37. The third-order valence-corrected chi connectivity index (χ3v) is 6.86. The van der Waals surface area contributed by atoms with Crippen molar-refractivity contribution in [3.8, 4) is 16.9 Å². The third kappa shape index (κ3) is 5.22. The van der Waals surface area contributed by atoms with Crippen molar-refractivity contribution in [3.63, 3.8) is 0 Å². The summed E-state index contributed by atoms with van der Waals surface area (Å²) in [7, 11) is 0. The van der Waals surface area contributed by atoms with Crippen molar-refractivity contribution in [1.82, 2.24) is 19.7 Å². The molecule has 4 rings (SSSR count). The van der Waals surface area contributed by atoms with Gasteiger partial charge in [0.1, 0.15) is 11.4 Å². The van der Waals surface area contributed by atoms with E-state index in [0.29, 0.717) is 41.4 Å². The first kappa shape index (κ1) is 25.2. The standard InChI is InChI=1S/C24H26Cl2FN5O3/c1-24(2,23(34)31-7-5-16(33)13-31)32-12-15(11-30-32)14-9-20(22(28)29-10-14)35-8-6-17-18(25)3-4-19(27)21(17)26/h3-4,9-12,16,33H,5-8,13H2,1-2H3,(H2,28,29). The van der Waals surface area contributed by atoms with Gasteiger partial charge in [0, 0.05) is 48.1 Å². The topological polar surface area (TPSA) is 107 Å². The molecule has 0 radical (unpaired) electrons. The molecule has 3 aromatic rings. The van der Waals surface area contributed by atoms with Crippen molar-refractivity contribution < 1.29 is 19.0 Å². The Morgan fingerprint density at radius 1 is 1.31 bits per heavy atom. The molecule has 1 unspecified atom stereocenters. The minimum Gasteiger partial charge on any atom is -0.489 e. The van der Waals surface area contributed by atoms with Gasteiger partial charge in [-0.25, -0.2) is 9.37 Å². The Morgan fingerprint density at radius 3 is 2.80 bits per heavy atom. The summed E-state index contributed by atoms with van der Waals surface area (Å²) < 4.78 is 21.2. The number of likely N-dealkylation sites (tertiary alicyclic amines) is 1. The highest BCUT2D eigenvalue weighted by atomic mass is 35.5. The number of benzene rings is 1. The van der Waals surface area contributed by atoms with Crippen LogP contribution in [0.15, 0.2) is 36.8 Å². The van der Waals surface area contributed by atoms with Crippen LogP contribution < -0.4 is 10.5 Å². The van der Waals surface area contributed by atoms with Crippen LogP contribution in [0, 0.1) is 5.82 Å². The number of hydrogen-bond donors (Lipinski definition) is 2. The number of hydrogen-bond acceptors (Lipinski definition) is 6. The number of ether oxygens (including phenoxy) is 1. The van der Waals surface area contributed by atoms with Crippen molar-refractivity contribution in [1.29, 1.82) is 0 Å². The molecule has 8 nitrogen and oxygen atoms in total. The number of rotatable bonds is 7. The van der Waals surface area contributed by atoms with Gasteiger partial charge in [-0.1, -0.05) is 23.2 Å². The molecular formula is C24H26Cl2FN5O3. The summed E-state index contributed by atoms with van der Waals surface area (Å²) in [6, 6.07) is 4.39. The lowest BCUT2D eigenvalue weighted by molar-refractivity contribution is -0.139. The fourth-order valence-electron chi connectivity index (χ4n) is 3.98. The Hall–Kier alpha value is -2.88. The number of aliphatic hydroxyl groups is 1. The van der Waals surface area contributed by atoms with Gasteiger partial charge in [-0.3, -0.25) is 9.48 Å². The van der Waals surface area contributed by atoms with Gasteiger partial charge in [0.05, 0.1) is 23.9 Å². The molecule has 0 spiro atoms. The maximum absolute atomic E-state index is 13.8. The van der Waals surface area contributed by atoms with E-state index >= 15 is 0 Å². The molecule has 0 aliphatic carbocycles. The number of nitrogens with two attached hydrogens (primary N) is 1. The second-order valence-corrected chi connectivity index (χ2v) is 9.74. The monoisotopic (exact) mass is 521 g/mol. The average molecular weight is 522 g/mol. The Bertz CT molecular complexity index is 1250. The summed E-state index contributed by atoms with van der Waals surface area (Å²) in [5.41, 5.74) is 6.92. The molecule has 1 aromatic carbocycles. The van der Waals surface area contributed by atoms with Crippen LogP contribution in [-0.2, 0) is 16.8 Å². The summed E-state index contributed by atoms with van der Waals surface area (Å²) in [6.07, 6.45) is 5.35. The van der Waals surface area contributed by atoms with Gasteiger partial charge in [-0.15, -0.1) is 0 Å². The summed E-state index contributed by atoms with van der Waals surface area (Å²) in [5, 5.41) is 14.5. The van der Waals surface area contributed by atoms with Gasteiger partial charge in [0.2, 0.25) is 5.91 Å². The van der Waals surface area contributed by atoms with Crippen LogP contribution >= 0.6 is 23.2 Å². The Morgan fingerprint density at radius 2 is 2.09 bits per heavy atom. The highest BCUT2D eigenvalue weighted by Crippen LogP contribution is 2.31. The van der Waals surface area contributed by atoms with E-state index in [2.05, 4.69) is 10.1 Å². The maximum Gasteiger partial charge on any atom is 0.250 e. The molecule has 1 saturated heterocycles. The quantitative estimate of drug-likeness (QED) is 0.456. The molecule has 3 heterocycles. The van der Waals surface area contributed by atoms with Crippen molar-refractivity contribution in [2.45, 2.75) is 38.3 Å². The second kappa shape index (κ2) is 10.0.